The quantitative estimate of drug-likeness (QED) is 0.412. The van der Waals surface area contributed by atoms with E-state index in [1.807, 2.05) is 55.1 Å². The molecule has 0 saturated heterocycles. The maximum atomic E-state index is 12.4. The highest BCUT2D eigenvalue weighted by molar-refractivity contribution is 7.19. The van der Waals surface area contributed by atoms with Crippen LogP contribution in [0.15, 0.2) is 42.6 Å². The molecule has 8 nitrogen and oxygen atoms in total. The molecule has 0 bridgehead atoms. The maximum Gasteiger partial charge on any atom is 0.412 e. The smallest absolute Gasteiger partial charge is 0.412 e. The predicted octanol–water partition coefficient (Wildman–Crippen LogP) is 5.25. The van der Waals surface area contributed by atoms with Crippen LogP contribution in [0, 0.1) is 6.92 Å². The highest BCUT2D eigenvalue weighted by atomic mass is 32.1. The number of ether oxygens (including phenoxy) is 3. The van der Waals surface area contributed by atoms with Crippen molar-refractivity contribution in [2.75, 3.05) is 19.5 Å². The molecule has 0 aliphatic carbocycles. The zero-order chi connectivity index (χ0) is 22.7. The summed E-state index contributed by atoms with van der Waals surface area (Å²) < 4.78 is 18.1. The first-order chi connectivity index (χ1) is 15.5. The van der Waals surface area contributed by atoms with Crippen molar-refractivity contribution in [3.05, 3.63) is 53.9 Å². The number of nitrogens with one attached hydrogen (secondary N) is 1. The monoisotopic (exact) mass is 452 g/mol. The van der Waals surface area contributed by atoms with Gasteiger partial charge in [-0.1, -0.05) is 17.4 Å². The number of aryl methyl sites for hydroxylation is 2. The van der Waals surface area contributed by atoms with Gasteiger partial charge in [0.2, 0.25) is 0 Å². The number of nitrogens with zero attached hydrogens (tertiary/aromatic N) is 3. The molecule has 0 atom stereocenters. The molecule has 32 heavy (non-hydrogen) atoms. The normalized spacial score (nSPS) is 10.9. The van der Waals surface area contributed by atoms with Crippen molar-refractivity contribution in [1.29, 1.82) is 0 Å². The fraction of sp³-hybridized carbons (Fsp3) is 0.261. The summed E-state index contributed by atoms with van der Waals surface area (Å²) in [4.78, 5) is 17.0. The van der Waals surface area contributed by atoms with Gasteiger partial charge in [0.25, 0.3) is 0 Å². The summed E-state index contributed by atoms with van der Waals surface area (Å²) >= 11 is 1.36. The molecule has 4 rings (SSSR count). The number of carbonyl (C=O) groups excluding carboxylic acids is 1. The molecule has 2 aromatic carbocycles. The van der Waals surface area contributed by atoms with E-state index in [9.17, 15) is 4.79 Å². The first-order valence-electron chi connectivity index (χ1n) is 10.1. The van der Waals surface area contributed by atoms with Gasteiger partial charge in [0.15, 0.2) is 0 Å². The van der Waals surface area contributed by atoms with Crippen molar-refractivity contribution in [2.24, 2.45) is 0 Å². The number of methoxy groups -OCH3 is 2. The summed E-state index contributed by atoms with van der Waals surface area (Å²) in [6.07, 6.45) is 1.28. The van der Waals surface area contributed by atoms with Crippen LogP contribution in [-0.4, -0.2) is 35.1 Å². The zero-order valence-electron chi connectivity index (χ0n) is 18.3. The van der Waals surface area contributed by atoms with Gasteiger partial charge in [-0.05, 0) is 43.7 Å². The van der Waals surface area contributed by atoms with Crippen LogP contribution in [0.3, 0.4) is 0 Å². The molecule has 0 radical (unpaired) electrons. The first kappa shape index (κ1) is 21.6. The van der Waals surface area contributed by atoms with Gasteiger partial charge in [-0.3, -0.25) is 10.00 Å². The second-order valence-corrected chi connectivity index (χ2v) is 8.05. The fourth-order valence-electron chi connectivity index (χ4n) is 3.36. The fourth-order valence-corrected chi connectivity index (χ4v) is 4.34. The number of rotatable bonds is 7. The molecule has 2 heterocycles. The third-order valence-electron chi connectivity index (χ3n) is 5.03. The van der Waals surface area contributed by atoms with E-state index >= 15 is 0 Å². The summed E-state index contributed by atoms with van der Waals surface area (Å²) in [6, 6.07) is 11.4. The molecular formula is C23H24N4O4S. The van der Waals surface area contributed by atoms with E-state index in [2.05, 4.69) is 15.4 Å². The lowest BCUT2D eigenvalue weighted by atomic mass is 10.2. The molecule has 4 aromatic rings. The van der Waals surface area contributed by atoms with Gasteiger partial charge in [-0.25, -0.2) is 9.78 Å². The number of fused-ring (bicyclic) bond motifs is 1. The zero-order valence-corrected chi connectivity index (χ0v) is 19.2. The molecule has 0 saturated carbocycles. The van der Waals surface area contributed by atoms with E-state index in [-0.39, 0.29) is 6.61 Å². The minimum absolute atomic E-state index is 0.163. The van der Waals surface area contributed by atoms with Gasteiger partial charge in [-0.15, -0.1) is 0 Å². The Morgan fingerprint density at radius 2 is 2.00 bits per heavy atom. The van der Waals surface area contributed by atoms with Gasteiger partial charge >= 0.3 is 6.09 Å². The van der Waals surface area contributed by atoms with E-state index < -0.39 is 6.09 Å². The maximum absolute atomic E-state index is 12.4. The third-order valence-corrected chi connectivity index (χ3v) is 6.13. The Kier molecular flexibility index (Phi) is 6.27. The van der Waals surface area contributed by atoms with Crippen molar-refractivity contribution in [1.82, 2.24) is 14.8 Å². The average Bonchev–Trinajstić information content (AvgIpc) is 3.39. The predicted molar refractivity (Wildman–Crippen MR) is 125 cm³/mol. The minimum Gasteiger partial charge on any atom is -0.497 e. The number of hydrogen-bond donors (Lipinski definition) is 1. The molecule has 0 aliphatic rings. The van der Waals surface area contributed by atoms with Crippen LogP contribution >= 0.6 is 11.3 Å². The standard InChI is InChI=1S/C23H24N4O4S/c1-5-27-19-9-6-15(10-16(19)12-24-27)13-31-23(28)26-21-14(2)25-22(32-21)18-8-7-17(29-3)11-20(18)30-4/h6-12H,5,13H2,1-4H3,(H,26,28). The van der Waals surface area contributed by atoms with E-state index in [1.165, 1.54) is 11.3 Å². The van der Waals surface area contributed by atoms with Gasteiger partial charge in [0.1, 0.15) is 28.1 Å². The van der Waals surface area contributed by atoms with Crippen LogP contribution in [0.2, 0.25) is 0 Å². The summed E-state index contributed by atoms with van der Waals surface area (Å²) in [5.41, 5.74) is 3.48. The number of hydrogen-bond acceptors (Lipinski definition) is 7. The van der Waals surface area contributed by atoms with Gasteiger partial charge in [0, 0.05) is 18.0 Å². The van der Waals surface area contributed by atoms with Gasteiger partial charge in [0.05, 0.1) is 37.2 Å². The van der Waals surface area contributed by atoms with Crippen LogP contribution in [0.4, 0.5) is 9.80 Å². The Labute approximate surface area is 189 Å². The lowest BCUT2D eigenvalue weighted by Gasteiger charge is -2.08. The molecule has 166 valence electrons. The topological polar surface area (TPSA) is 87.5 Å². The van der Waals surface area contributed by atoms with Gasteiger partial charge in [-0.2, -0.15) is 5.10 Å². The van der Waals surface area contributed by atoms with E-state index in [0.717, 1.165) is 33.6 Å². The number of thiazole rings is 1. The number of carbonyl (C=O) groups is 1. The summed E-state index contributed by atoms with van der Waals surface area (Å²) in [5, 5.41) is 9.51. The van der Waals surface area contributed by atoms with Crippen molar-refractivity contribution < 1.29 is 19.0 Å². The van der Waals surface area contributed by atoms with Crippen molar-refractivity contribution in [3.63, 3.8) is 0 Å². The lowest BCUT2D eigenvalue weighted by molar-refractivity contribution is 0.155. The third kappa shape index (κ3) is 4.38. The number of anilines is 1. The highest BCUT2D eigenvalue weighted by Gasteiger charge is 2.16. The summed E-state index contributed by atoms with van der Waals surface area (Å²) in [6.45, 7) is 4.85. The van der Waals surface area contributed by atoms with Crippen LogP contribution in [0.1, 0.15) is 18.2 Å². The van der Waals surface area contributed by atoms with Crippen LogP contribution < -0.4 is 14.8 Å². The van der Waals surface area contributed by atoms with Crippen molar-refractivity contribution in [3.8, 4) is 22.1 Å². The Bertz CT molecular complexity index is 1260. The number of amides is 1. The van der Waals surface area contributed by atoms with E-state index in [0.29, 0.717) is 22.2 Å². The molecule has 1 N–H and O–H groups in total. The van der Waals surface area contributed by atoms with Crippen molar-refractivity contribution >= 4 is 33.3 Å². The molecule has 2 aromatic heterocycles. The molecular weight excluding hydrogens is 428 g/mol. The summed E-state index contributed by atoms with van der Waals surface area (Å²) in [5.74, 6) is 1.34. The Morgan fingerprint density at radius 3 is 2.75 bits per heavy atom. The van der Waals surface area contributed by atoms with Crippen LogP contribution in [-0.2, 0) is 17.9 Å². The second-order valence-electron chi connectivity index (χ2n) is 7.05. The minimum atomic E-state index is -0.533. The molecule has 0 spiro atoms. The molecule has 9 heteroatoms. The molecule has 0 fully saturated rings. The Balaban J connectivity index is 1.43. The summed E-state index contributed by atoms with van der Waals surface area (Å²) in [7, 11) is 3.20. The van der Waals surface area contributed by atoms with Crippen molar-refractivity contribution in [2.45, 2.75) is 27.0 Å². The second kappa shape index (κ2) is 9.27. The average molecular weight is 453 g/mol. The van der Waals surface area contributed by atoms with Gasteiger partial charge < -0.3 is 14.2 Å². The molecule has 1 amide bonds. The lowest BCUT2D eigenvalue weighted by Crippen LogP contribution is -2.13. The highest BCUT2D eigenvalue weighted by Crippen LogP contribution is 2.38. The number of benzene rings is 2. The Morgan fingerprint density at radius 1 is 1.16 bits per heavy atom. The number of aromatic nitrogens is 3. The largest absolute Gasteiger partial charge is 0.497 e. The van der Waals surface area contributed by atoms with E-state index in [4.69, 9.17) is 14.2 Å². The molecule has 0 aliphatic heterocycles. The molecule has 0 unspecified atom stereocenters. The van der Waals surface area contributed by atoms with Crippen LogP contribution in [0.5, 0.6) is 11.5 Å². The Hall–Kier alpha value is -3.59. The SMILES string of the molecule is CCn1ncc2cc(COC(=O)Nc3sc(-c4ccc(OC)cc4OC)nc3C)ccc21. The first-order valence-corrected chi connectivity index (χ1v) is 10.9. The van der Waals surface area contributed by atoms with Crippen LogP contribution in [0.25, 0.3) is 21.5 Å². The van der Waals surface area contributed by atoms with E-state index in [1.54, 1.807) is 20.3 Å².